The second-order valence-corrected chi connectivity index (χ2v) is 8.61. The molecule has 8 nitrogen and oxygen atoms in total. The SMILES string of the molecule is CCC(C)NC(=O)c1ccc(CN2C(=O)COc3ccc(C(=O)COc4cccc(Cl)c4)cc32)o1. The highest BCUT2D eigenvalue weighted by Gasteiger charge is 2.28. The molecule has 2 heterocycles. The van der Waals surface area contributed by atoms with Crippen molar-refractivity contribution in [2.75, 3.05) is 18.1 Å². The van der Waals surface area contributed by atoms with Crippen LogP contribution in [0.5, 0.6) is 11.5 Å². The maximum atomic E-state index is 12.8. The molecule has 1 aromatic heterocycles. The van der Waals surface area contributed by atoms with E-state index in [2.05, 4.69) is 5.32 Å². The predicted octanol–water partition coefficient (Wildman–Crippen LogP) is 4.65. The van der Waals surface area contributed by atoms with Crippen LogP contribution in [0.15, 0.2) is 59.0 Å². The topological polar surface area (TPSA) is 98.1 Å². The number of fused-ring (bicyclic) bond motifs is 1. The molecule has 0 radical (unpaired) electrons. The van der Waals surface area contributed by atoms with Crippen LogP contribution in [0.2, 0.25) is 5.02 Å². The number of amides is 2. The maximum absolute atomic E-state index is 12.8. The third kappa shape index (κ3) is 5.84. The molecule has 2 aromatic carbocycles. The number of Topliss-reactive ketones (excluding diaryl/α,β-unsaturated/α-hetero) is 1. The molecule has 182 valence electrons. The normalized spacial score (nSPS) is 13.6. The van der Waals surface area contributed by atoms with Crippen LogP contribution in [-0.4, -0.2) is 36.9 Å². The molecule has 1 aliphatic rings. The van der Waals surface area contributed by atoms with Crippen LogP contribution in [0.25, 0.3) is 0 Å². The number of carbonyl (C=O) groups is 3. The van der Waals surface area contributed by atoms with Crippen LogP contribution >= 0.6 is 11.6 Å². The van der Waals surface area contributed by atoms with Crippen molar-refractivity contribution in [2.24, 2.45) is 0 Å². The Morgan fingerprint density at radius 2 is 2.00 bits per heavy atom. The molecule has 1 aliphatic heterocycles. The summed E-state index contributed by atoms with van der Waals surface area (Å²) < 4.78 is 16.8. The highest BCUT2D eigenvalue weighted by molar-refractivity contribution is 6.30. The Kier molecular flexibility index (Phi) is 7.41. The van der Waals surface area contributed by atoms with Crippen LogP contribution in [0.1, 0.15) is 46.9 Å². The number of halogens is 1. The minimum absolute atomic E-state index is 0.0163. The van der Waals surface area contributed by atoms with E-state index in [1.165, 1.54) is 4.90 Å². The van der Waals surface area contributed by atoms with E-state index in [1.54, 1.807) is 54.6 Å². The number of anilines is 1. The fraction of sp³-hybridized carbons (Fsp3) is 0.269. The van der Waals surface area contributed by atoms with Gasteiger partial charge in [0.1, 0.15) is 17.3 Å². The first kappa shape index (κ1) is 24.3. The van der Waals surface area contributed by atoms with Crippen LogP contribution in [-0.2, 0) is 11.3 Å². The van der Waals surface area contributed by atoms with E-state index >= 15 is 0 Å². The van der Waals surface area contributed by atoms with E-state index < -0.39 is 0 Å². The molecule has 1 unspecified atom stereocenters. The molecular formula is C26H25ClN2O6. The van der Waals surface area contributed by atoms with Crippen molar-refractivity contribution in [1.29, 1.82) is 0 Å². The molecule has 0 spiro atoms. The van der Waals surface area contributed by atoms with Gasteiger partial charge in [-0.3, -0.25) is 19.3 Å². The molecule has 0 saturated carbocycles. The molecule has 2 amide bonds. The highest BCUT2D eigenvalue weighted by atomic mass is 35.5. The van der Waals surface area contributed by atoms with E-state index in [-0.39, 0.29) is 49.2 Å². The Bertz CT molecular complexity index is 1250. The van der Waals surface area contributed by atoms with Gasteiger partial charge in [-0.05, 0) is 61.9 Å². The van der Waals surface area contributed by atoms with Crippen molar-refractivity contribution in [3.63, 3.8) is 0 Å². The summed E-state index contributed by atoms with van der Waals surface area (Å²) in [6, 6.07) is 14.9. The number of furan rings is 1. The average Bonchev–Trinajstić information content (AvgIpc) is 3.33. The fourth-order valence-electron chi connectivity index (χ4n) is 3.48. The van der Waals surface area contributed by atoms with E-state index in [1.807, 2.05) is 13.8 Å². The monoisotopic (exact) mass is 496 g/mol. The molecule has 4 rings (SSSR count). The number of nitrogens with one attached hydrogen (secondary N) is 1. The number of ketones is 1. The lowest BCUT2D eigenvalue weighted by Gasteiger charge is -2.29. The van der Waals surface area contributed by atoms with Crippen molar-refractivity contribution in [1.82, 2.24) is 5.32 Å². The summed E-state index contributed by atoms with van der Waals surface area (Å²) in [5.74, 6) is 0.678. The minimum atomic E-state index is -0.313. The molecule has 3 aromatic rings. The zero-order chi connectivity index (χ0) is 24.9. The van der Waals surface area contributed by atoms with Crippen molar-refractivity contribution in [3.8, 4) is 11.5 Å². The molecule has 0 saturated heterocycles. The van der Waals surface area contributed by atoms with E-state index in [0.29, 0.717) is 33.5 Å². The lowest BCUT2D eigenvalue weighted by atomic mass is 10.1. The summed E-state index contributed by atoms with van der Waals surface area (Å²) in [4.78, 5) is 39.2. The molecule has 35 heavy (non-hydrogen) atoms. The molecule has 9 heteroatoms. The zero-order valence-corrected chi connectivity index (χ0v) is 20.1. The van der Waals surface area contributed by atoms with Gasteiger partial charge < -0.3 is 19.2 Å². The summed E-state index contributed by atoms with van der Waals surface area (Å²) in [5, 5.41) is 3.35. The molecule has 1 N–H and O–H groups in total. The number of ether oxygens (including phenoxy) is 2. The minimum Gasteiger partial charge on any atom is -0.485 e. The van der Waals surface area contributed by atoms with Gasteiger partial charge in [0.05, 0.1) is 12.2 Å². The lowest BCUT2D eigenvalue weighted by molar-refractivity contribution is -0.121. The van der Waals surface area contributed by atoms with Crippen LogP contribution < -0.4 is 19.7 Å². The Labute approximate surface area is 207 Å². The van der Waals surface area contributed by atoms with Crippen molar-refractivity contribution in [3.05, 3.63) is 76.7 Å². The highest BCUT2D eigenvalue weighted by Crippen LogP contribution is 2.34. The predicted molar refractivity (Wildman–Crippen MR) is 130 cm³/mol. The smallest absolute Gasteiger partial charge is 0.287 e. The van der Waals surface area contributed by atoms with Gasteiger partial charge in [-0.1, -0.05) is 24.6 Å². The van der Waals surface area contributed by atoms with Gasteiger partial charge in [0.25, 0.3) is 11.8 Å². The first-order valence-electron chi connectivity index (χ1n) is 11.2. The lowest BCUT2D eigenvalue weighted by Crippen LogP contribution is -2.38. The summed E-state index contributed by atoms with van der Waals surface area (Å²) in [6.45, 7) is 3.63. The van der Waals surface area contributed by atoms with Gasteiger partial charge in [0.2, 0.25) is 0 Å². The summed E-state index contributed by atoms with van der Waals surface area (Å²) >= 11 is 5.95. The number of rotatable bonds is 9. The molecule has 0 fully saturated rings. The van der Waals surface area contributed by atoms with Gasteiger partial charge in [-0.15, -0.1) is 0 Å². The number of hydrogen-bond donors (Lipinski definition) is 1. The number of carbonyl (C=O) groups excluding carboxylic acids is 3. The summed E-state index contributed by atoms with van der Waals surface area (Å²) in [7, 11) is 0. The van der Waals surface area contributed by atoms with Gasteiger partial charge in [-0.2, -0.15) is 0 Å². The Balaban J connectivity index is 1.49. The second kappa shape index (κ2) is 10.7. The van der Waals surface area contributed by atoms with Gasteiger partial charge in [-0.25, -0.2) is 0 Å². The number of nitrogens with zero attached hydrogens (tertiary/aromatic N) is 1. The number of benzene rings is 2. The summed E-state index contributed by atoms with van der Waals surface area (Å²) in [5.41, 5.74) is 0.805. The standard InChI is InChI=1S/C26H25ClN2O6/c1-3-16(2)28-26(32)24-10-8-20(35-24)13-29-21-11-17(7-9-23(21)34-15-25(29)31)22(30)14-33-19-6-4-5-18(27)12-19/h4-12,16H,3,13-15H2,1-2H3,(H,28,32). The maximum Gasteiger partial charge on any atom is 0.287 e. The second-order valence-electron chi connectivity index (χ2n) is 8.17. The van der Waals surface area contributed by atoms with Crippen molar-refractivity contribution in [2.45, 2.75) is 32.9 Å². The largest absolute Gasteiger partial charge is 0.485 e. The third-order valence-corrected chi connectivity index (χ3v) is 5.81. The van der Waals surface area contributed by atoms with Crippen molar-refractivity contribution < 1.29 is 28.3 Å². The van der Waals surface area contributed by atoms with Crippen LogP contribution in [0, 0.1) is 0 Å². The average molecular weight is 497 g/mol. The zero-order valence-electron chi connectivity index (χ0n) is 19.4. The Hall–Kier alpha value is -3.78. The molecule has 0 bridgehead atoms. The van der Waals surface area contributed by atoms with E-state index in [9.17, 15) is 14.4 Å². The molecule has 0 aliphatic carbocycles. The Morgan fingerprint density at radius 3 is 2.77 bits per heavy atom. The van der Waals surface area contributed by atoms with Gasteiger partial charge in [0, 0.05) is 16.6 Å². The first-order chi connectivity index (χ1) is 16.8. The Morgan fingerprint density at radius 1 is 1.17 bits per heavy atom. The fourth-order valence-corrected chi connectivity index (χ4v) is 3.66. The van der Waals surface area contributed by atoms with Crippen LogP contribution in [0.4, 0.5) is 5.69 Å². The quantitative estimate of drug-likeness (QED) is 0.433. The third-order valence-electron chi connectivity index (χ3n) is 5.58. The number of hydrogen-bond acceptors (Lipinski definition) is 6. The van der Waals surface area contributed by atoms with Crippen LogP contribution in [0.3, 0.4) is 0 Å². The summed E-state index contributed by atoms with van der Waals surface area (Å²) in [6.07, 6.45) is 0.795. The first-order valence-corrected chi connectivity index (χ1v) is 11.6. The molecule has 1 atom stereocenters. The van der Waals surface area contributed by atoms with Gasteiger partial charge >= 0.3 is 0 Å². The molecular weight excluding hydrogens is 472 g/mol. The van der Waals surface area contributed by atoms with Crippen molar-refractivity contribution >= 4 is 34.9 Å². The van der Waals surface area contributed by atoms with E-state index in [4.69, 9.17) is 25.5 Å². The van der Waals surface area contributed by atoms with Gasteiger partial charge in [0.15, 0.2) is 24.8 Å². The van der Waals surface area contributed by atoms with E-state index in [0.717, 1.165) is 6.42 Å².